The van der Waals surface area contributed by atoms with E-state index in [1.165, 1.54) is 22.3 Å². The number of hydrogen-bond donors (Lipinski definition) is 2. The number of imide groups is 1. The highest BCUT2D eigenvalue weighted by atomic mass is 16.5. The van der Waals surface area contributed by atoms with E-state index >= 15 is 0 Å². The van der Waals surface area contributed by atoms with E-state index in [1.807, 2.05) is 29.2 Å². The van der Waals surface area contributed by atoms with E-state index in [-0.39, 0.29) is 23.8 Å². The van der Waals surface area contributed by atoms with Crippen LogP contribution in [0.5, 0.6) is 17.2 Å². The number of nitrogens with zero attached hydrogens (tertiary/aromatic N) is 3. The number of nitrogens with one attached hydrogen (secondary N) is 1. The molecule has 0 saturated carbocycles. The van der Waals surface area contributed by atoms with Gasteiger partial charge in [-0.05, 0) is 95.5 Å². The number of carbonyl (C=O) groups is 2. The number of carbonyl (C=O) groups excluding carboxylic acids is 2. The first-order chi connectivity index (χ1) is 25.9. The minimum absolute atomic E-state index is 0.208. The maximum absolute atomic E-state index is 12.5. The molecule has 1 aliphatic carbocycles. The molecule has 0 aromatic heterocycles. The zero-order valence-electron chi connectivity index (χ0n) is 30.2. The molecule has 2 saturated heterocycles. The lowest BCUT2D eigenvalue weighted by atomic mass is 9.69. The molecule has 9 nitrogen and oxygen atoms in total. The molecule has 53 heavy (non-hydrogen) atoms. The molecule has 4 aromatic rings. The van der Waals surface area contributed by atoms with Gasteiger partial charge in [-0.25, -0.2) is 0 Å². The predicted octanol–water partition coefficient (Wildman–Crippen LogP) is 5.92. The lowest BCUT2D eigenvalue weighted by molar-refractivity contribution is -0.136. The highest BCUT2D eigenvalue weighted by Crippen LogP contribution is 2.47. The zero-order valence-corrected chi connectivity index (χ0v) is 30.2. The Kier molecular flexibility index (Phi) is 10.2. The van der Waals surface area contributed by atoms with Crippen LogP contribution in [0, 0.1) is 0 Å². The molecule has 2 N–H and O–H groups in total. The Balaban J connectivity index is 0.778. The van der Waals surface area contributed by atoms with Crippen molar-refractivity contribution in [3.8, 4) is 17.2 Å². The minimum atomic E-state index is -0.370. The summed E-state index contributed by atoms with van der Waals surface area (Å²) >= 11 is 0. The third-order valence-corrected chi connectivity index (χ3v) is 11.5. The first-order valence-electron chi connectivity index (χ1n) is 19.0. The third-order valence-electron chi connectivity index (χ3n) is 11.5. The number of piperazine rings is 1. The second-order valence-corrected chi connectivity index (χ2v) is 14.7. The van der Waals surface area contributed by atoms with Gasteiger partial charge in [-0.15, -0.1) is 0 Å². The van der Waals surface area contributed by atoms with Crippen molar-refractivity contribution in [1.29, 1.82) is 0 Å². The third kappa shape index (κ3) is 7.68. The second kappa shape index (κ2) is 15.5. The largest absolute Gasteiger partial charge is 0.508 e. The molecule has 4 aromatic carbocycles. The van der Waals surface area contributed by atoms with Gasteiger partial charge in [0.05, 0.1) is 0 Å². The van der Waals surface area contributed by atoms with Crippen LogP contribution in [-0.4, -0.2) is 90.1 Å². The maximum atomic E-state index is 12.5. The van der Waals surface area contributed by atoms with E-state index in [2.05, 4.69) is 88.4 Å². The Morgan fingerprint density at radius 3 is 2.15 bits per heavy atom. The van der Waals surface area contributed by atoms with E-state index in [1.54, 1.807) is 0 Å². The average molecular weight is 713 g/mol. The fraction of sp³-hybridized carbons (Fsp3) is 0.364. The monoisotopic (exact) mass is 712 g/mol. The number of phenols is 1. The molecule has 0 bridgehead atoms. The molecule has 4 aliphatic rings. The fourth-order valence-corrected chi connectivity index (χ4v) is 8.65. The normalized spacial score (nSPS) is 21.9. The number of aromatic hydroxyl groups is 1. The van der Waals surface area contributed by atoms with E-state index in [4.69, 9.17) is 9.47 Å². The van der Waals surface area contributed by atoms with E-state index in [0.29, 0.717) is 44.3 Å². The topological polar surface area (TPSA) is 94.6 Å². The van der Waals surface area contributed by atoms with Crippen LogP contribution in [0.4, 0.5) is 0 Å². The summed E-state index contributed by atoms with van der Waals surface area (Å²) in [5.41, 5.74) is 8.12. The molecule has 0 spiro atoms. The van der Waals surface area contributed by atoms with Crippen LogP contribution in [0.1, 0.15) is 64.5 Å². The van der Waals surface area contributed by atoms with E-state index in [9.17, 15) is 14.7 Å². The highest BCUT2D eigenvalue weighted by molar-refractivity contribution is 6.01. The summed E-state index contributed by atoms with van der Waals surface area (Å²) < 4.78 is 12.4. The van der Waals surface area contributed by atoms with Crippen LogP contribution in [0.15, 0.2) is 97.6 Å². The van der Waals surface area contributed by atoms with Gasteiger partial charge in [-0.3, -0.25) is 24.7 Å². The molecule has 3 heterocycles. The summed E-state index contributed by atoms with van der Waals surface area (Å²) in [5.74, 6) is 2.21. The number of phenolic OH excluding ortho intramolecular Hbond substituents is 1. The van der Waals surface area contributed by atoms with Crippen molar-refractivity contribution in [3.63, 3.8) is 0 Å². The van der Waals surface area contributed by atoms with Crippen LogP contribution in [0.3, 0.4) is 0 Å². The maximum Gasteiger partial charge on any atom is 0.249 e. The van der Waals surface area contributed by atoms with Gasteiger partial charge in [0.1, 0.15) is 36.5 Å². The number of ether oxygens (including phenoxy) is 2. The Labute approximate surface area is 311 Å². The predicted molar refractivity (Wildman–Crippen MR) is 205 cm³/mol. The van der Waals surface area contributed by atoms with Gasteiger partial charge in [-0.1, -0.05) is 55.1 Å². The molecule has 0 radical (unpaired) electrons. The van der Waals surface area contributed by atoms with Gasteiger partial charge < -0.3 is 19.5 Å². The van der Waals surface area contributed by atoms with Crippen molar-refractivity contribution in [2.24, 2.45) is 0 Å². The van der Waals surface area contributed by atoms with Crippen LogP contribution >= 0.6 is 0 Å². The molecule has 3 aliphatic heterocycles. The summed E-state index contributed by atoms with van der Waals surface area (Å²) in [5, 5.41) is 12.6. The van der Waals surface area contributed by atoms with Crippen molar-refractivity contribution in [2.45, 2.75) is 50.1 Å². The molecule has 9 heteroatoms. The van der Waals surface area contributed by atoms with Gasteiger partial charge in [0.25, 0.3) is 0 Å². The van der Waals surface area contributed by atoms with Gasteiger partial charge in [-0.2, -0.15) is 0 Å². The van der Waals surface area contributed by atoms with Crippen molar-refractivity contribution in [1.82, 2.24) is 20.0 Å². The lowest BCUT2D eigenvalue weighted by Crippen LogP contribution is -2.50. The quantitative estimate of drug-likeness (QED) is 0.185. The number of hydrogen-bond acceptors (Lipinski definition) is 8. The van der Waals surface area contributed by atoms with Gasteiger partial charge >= 0.3 is 0 Å². The summed E-state index contributed by atoms with van der Waals surface area (Å²) in [6.07, 6.45) is 2.87. The van der Waals surface area contributed by atoms with Crippen molar-refractivity contribution >= 4 is 17.5 Å². The van der Waals surface area contributed by atoms with Crippen LogP contribution in [-0.2, 0) is 22.6 Å². The van der Waals surface area contributed by atoms with Crippen molar-refractivity contribution in [2.75, 3.05) is 52.5 Å². The highest BCUT2D eigenvalue weighted by Gasteiger charge is 2.36. The van der Waals surface area contributed by atoms with E-state index in [0.717, 1.165) is 80.4 Å². The van der Waals surface area contributed by atoms with Crippen LogP contribution < -0.4 is 14.8 Å². The zero-order chi connectivity index (χ0) is 36.3. The molecule has 2 amide bonds. The molecule has 2 fully saturated rings. The SMILES string of the molecule is C=C1c2ccc(OCCN3CCN(CCOc4ccc([C@H]5c6ccc(O)cc6CC[C@H]5c5ccccc5)cc4)CC3)cc2CN1[C@H]1CCC(=O)NC1=O. The smallest absolute Gasteiger partial charge is 0.249 e. The van der Waals surface area contributed by atoms with Crippen LogP contribution in [0.25, 0.3) is 5.70 Å². The van der Waals surface area contributed by atoms with Gasteiger partial charge in [0.15, 0.2) is 0 Å². The Morgan fingerprint density at radius 1 is 0.736 bits per heavy atom. The Bertz CT molecular complexity index is 1960. The number of aryl methyl sites for hydroxylation is 1. The fourth-order valence-electron chi connectivity index (χ4n) is 8.65. The molecule has 0 unspecified atom stereocenters. The first kappa shape index (κ1) is 34.9. The lowest BCUT2D eigenvalue weighted by Gasteiger charge is -2.35. The number of benzene rings is 4. The molecule has 3 atom stereocenters. The standard InChI is InChI=1S/C44H48N4O5/c1-30-38-16-13-37(28-34(38)29-48(30)41-17-18-42(50)45-44(41)51)53-26-24-47-21-19-46(20-22-47)23-25-52-36-11-7-32(8-12-36)43-39(31-5-3-2-4-6-31)14-9-33-27-35(49)10-15-40(33)43/h2-8,10-13,15-16,27-28,39,41,43,49H,1,9,14,17-26,29H2,(H,45,50,51)/t39-,41-,43+/m0/s1. The minimum Gasteiger partial charge on any atom is -0.508 e. The Hall–Kier alpha value is -5.12. The Morgan fingerprint density at radius 2 is 1.43 bits per heavy atom. The number of piperidine rings is 1. The van der Waals surface area contributed by atoms with Crippen molar-refractivity contribution < 1.29 is 24.2 Å². The summed E-state index contributed by atoms with van der Waals surface area (Å²) in [4.78, 5) is 31.0. The molecular weight excluding hydrogens is 665 g/mol. The number of fused-ring (bicyclic) bond motifs is 2. The molecule has 8 rings (SSSR count). The summed E-state index contributed by atoms with van der Waals surface area (Å²) in [6.45, 7) is 11.8. The van der Waals surface area contributed by atoms with Gasteiger partial charge in [0, 0.05) is 69.4 Å². The average Bonchev–Trinajstić information content (AvgIpc) is 3.50. The van der Waals surface area contributed by atoms with Crippen molar-refractivity contribution in [3.05, 3.63) is 131 Å². The number of rotatable bonds is 11. The van der Waals surface area contributed by atoms with Crippen LogP contribution in [0.2, 0.25) is 0 Å². The summed E-state index contributed by atoms with van der Waals surface area (Å²) in [6, 6.07) is 31.0. The number of amides is 2. The van der Waals surface area contributed by atoms with Gasteiger partial charge in [0.2, 0.25) is 11.8 Å². The second-order valence-electron chi connectivity index (χ2n) is 14.7. The molecule has 274 valence electrons. The first-order valence-corrected chi connectivity index (χ1v) is 19.0. The van der Waals surface area contributed by atoms with E-state index < -0.39 is 0 Å². The molecular formula is C44H48N4O5. The summed E-state index contributed by atoms with van der Waals surface area (Å²) in [7, 11) is 0.